The van der Waals surface area contributed by atoms with Crippen molar-refractivity contribution >= 4 is 17.5 Å². The Balaban J connectivity index is 2.69. The van der Waals surface area contributed by atoms with Crippen molar-refractivity contribution < 1.29 is 9.59 Å². The van der Waals surface area contributed by atoms with Crippen molar-refractivity contribution in [2.45, 2.75) is 19.9 Å². The Morgan fingerprint density at radius 3 is 2.17 bits per heavy atom. The minimum absolute atomic E-state index is 0.0788. The summed E-state index contributed by atoms with van der Waals surface area (Å²) in [5, 5.41) is 5.24. The van der Waals surface area contributed by atoms with Gasteiger partial charge in [0, 0.05) is 18.3 Å². The minimum atomic E-state index is -0.538. The fourth-order valence-electron chi connectivity index (χ4n) is 1.38. The molecule has 0 heterocycles. The van der Waals surface area contributed by atoms with Crippen LogP contribution in [0.2, 0.25) is 0 Å². The van der Waals surface area contributed by atoms with Crippen molar-refractivity contribution in [2.24, 2.45) is 11.7 Å². The van der Waals surface area contributed by atoms with Crippen LogP contribution in [-0.2, 0) is 4.79 Å². The number of hydrogen-bond acceptors (Lipinski definition) is 3. The van der Waals surface area contributed by atoms with Crippen molar-refractivity contribution in [3.8, 4) is 0 Å². The molecule has 4 N–H and O–H groups in total. The summed E-state index contributed by atoms with van der Waals surface area (Å²) in [5.41, 5.74) is 6.90. The van der Waals surface area contributed by atoms with Gasteiger partial charge >= 0.3 is 0 Å². The predicted molar refractivity (Wildman–Crippen MR) is 71.3 cm³/mol. The lowest BCUT2D eigenvalue weighted by Gasteiger charge is -2.15. The van der Waals surface area contributed by atoms with Crippen molar-refractivity contribution in [1.82, 2.24) is 5.32 Å². The van der Waals surface area contributed by atoms with Gasteiger partial charge in [-0.3, -0.25) is 9.59 Å². The Hall–Kier alpha value is -1.88. The summed E-state index contributed by atoms with van der Waals surface area (Å²) in [6.07, 6.45) is 0. The van der Waals surface area contributed by atoms with Gasteiger partial charge in [-0.2, -0.15) is 0 Å². The summed E-state index contributed by atoms with van der Waals surface area (Å²) < 4.78 is 0. The molecule has 18 heavy (non-hydrogen) atoms. The Morgan fingerprint density at radius 1 is 1.17 bits per heavy atom. The van der Waals surface area contributed by atoms with Crippen LogP contribution in [0.5, 0.6) is 0 Å². The molecule has 0 saturated carbocycles. The summed E-state index contributed by atoms with van der Waals surface area (Å²) in [4.78, 5) is 23.0. The van der Waals surface area contributed by atoms with Crippen LogP contribution in [0.25, 0.3) is 0 Å². The lowest BCUT2D eigenvalue weighted by Crippen LogP contribution is -2.39. The highest BCUT2D eigenvalue weighted by atomic mass is 16.2. The third-order valence-corrected chi connectivity index (χ3v) is 2.66. The average molecular weight is 249 g/mol. The molecule has 5 nitrogen and oxygen atoms in total. The molecule has 5 heteroatoms. The fraction of sp³-hybridized carbons (Fsp3) is 0.385. The van der Waals surface area contributed by atoms with Gasteiger partial charge in [-0.25, -0.2) is 0 Å². The normalized spacial score (nSPS) is 12.1. The molecule has 0 saturated heterocycles. The Bertz CT molecular complexity index is 426. The van der Waals surface area contributed by atoms with E-state index in [1.54, 1.807) is 31.3 Å². The van der Waals surface area contributed by atoms with E-state index in [4.69, 9.17) is 5.73 Å². The molecular formula is C13H19N3O2. The second kappa shape index (κ2) is 6.16. The summed E-state index contributed by atoms with van der Waals surface area (Å²) in [6, 6.07) is 6.11. The van der Waals surface area contributed by atoms with Crippen LogP contribution in [0.15, 0.2) is 24.3 Å². The highest BCUT2D eigenvalue weighted by Gasteiger charge is 2.17. The number of hydrogen-bond donors (Lipinski definition) is 3. The Morgan fingerprint density at radius 2 is 1.72 bits per heavy atom. The Labute approximate surface area is 107 Å². The zero-order chi connectivity index (χ0) is 13.7. The third-order valence-electron chi connectivity index (χ3n) is 2.66. The van der Waals surface area contributed by atoms with Gasteiger partial charge in [-0.05, 0) is 30.2 Å². The summed E-state index contributed by atoms with van der Waals surface area (Å²) in [7, 11) is 1.57. The summed E-state index contributed by atoms with van der Waals surface area (Å²) in [6.45, 7) is 3.78. The zero-order valence-electron chi connectivity index (χ0n) is 10.9. The molecule has 0 bridgehead atoms. The van der Waals surface area contributed by atoms with E-state index in [-0.39, 0.29) is 17.7 Å². The average Bonchev–Trinajstić information content (AvgIpc) is 2.37. The predicted octanol–water partition coefficient (Wildman–Crippen LogP) is 0.968. The Kier molecular flexibility index (Phi) is 4.85. The van der Waals surface area contributed by atoms with Crippen LogP contribution >= 0.6 is 0 Å². The maximum Gasteiger partial charge on any atom is 0.251 e. The number of anilines is 1. The summed E-state index contributed by atoms with van der Waals surface area (Å²) in [5.74, 6) is -0.306. The zero-order valence-corrected chi connectivity index (χ0v) is 10.9. The number of nitrogens with two attached hydrogens (primary N) is 1. The topological polar surface area (TPSA) is 84.2 Å². The van der Waals surface area contributed by atoms with Gasteiger partial charge in [0.15, 0.2) is 0 Å². The molecule has 1 rings (SSSR count). The molecule has 98 valence electrons. The number of carbonyl (C=O) groups is 2. The van der Waals surface area contributed by atoms with Gasteiger partial charge < -0.3 is 16.4 Å². The molecule has 0 aliphatic rings. The quantitative estimate of drug-likeness (QED) is 0.743. The van der Waals surface area contributed by atoms with Crippen LogP contribution in [0.3, 0.4) is 0 Å². The maximum absolute atomic E-state index is 11.7. The minimum Gasteiger partial charge on any atom is -0.355 e. The van der Waals surface area contributed by atoms with Crippen LogP contribution in [0.1, 0.15) is 24.2 Å². The molecule has 1 aromatic carbocycles. The molecule has 1 atom stereocenters. The molecule has 1 aromatic rings. The van der Waals surface area contributed by atoms with Gasteiger partial charge in [-0.15, -0.1) is 0 Å². The smallest absolute Gasteiger partial charge is 0.251 e. The van der Waals surface area contributed by atoms with E-state index in [1.807, 2.05) is 13.8 Å². The fourth-order valence-corrected chi connectivity index (χ4v) is 1.38. The van der Waals surface area contributed by atoms with E-state index < -0.39 is 6.04 Å². The van der Waals surface area contributed by atoms with Gasteiger partial charge in [0.25, 0.3) is 5.91 Å². The van der Waals surface area contributed by atoms with Crippen LogP contribution < -0.4 is 16.4 Å². The van der Waals surface area contributed by atoms with Crippen LogP contribution in [0.4, 0.5) is 5.69 Å². The van der Waals surface area contributed by atoms with Gasteiger partial charge in [0.2, 0.25) is 5.91 Å². The SMILES string of the molecule is CNC(=O)c1ccc(NC(=O)C(N)C(C)C)cc1. The second-order valence-electron chi connectivity index (χ2n) is 4.42. The third kappa shape index (κ3) is 3.56. The molecule has 0 aliphatic heterocycles. The summed E-state index contributed by atoms with van der Waals surface area (Å²) >= 11 is 0. The van der Waals surface area contributed by atoms with E-state index in [0.717, 1.165) is 0 Å². The number of nitrogens with one attached hydrogen (secondary N) is 2. The maximum atomic E-state index is 11.7. The van der Waals surface area contributed by atoms with Crippen LogP contribution in [0, 0.1) is 5.92 Å². The largest absolute Gasteiger partial charge is 0.355 e. The lowest BCUT2D eigenvalue weighted by molar-refractivity contribution is -0.118. The molecule has 0 aliphatic carbocycles. The molecular weight excluding hydrogens is 230 g/mol. The van der Waals surface area contributed by atoms with E-state index >= 15 is 0 Å². The highest BCUT2D eigenvalue weighted by Crippen LogP contribution is 2.11. The van der Waals surface area contributed by atoms with Gasteiger partial charge in [0.05, 0.1) is 6.04 Å². The number of rotatable bonds is 4. The lowest BCUT2D eigenvalue weighted by atomic mass is 10.0. The molecule has 1 unspecified atom stereocenters. The first-order chi connectivity index (χ1) is 8.45. The number of amides is 2. The van der Waals surface area contributed by atoms with Crippen LogP contribution in [-0.4, -0.2) is 24.9 Å². The highest BCUT2D eigenvalue weighted by molar-refractivity contribution is 5.97. The van der Waals surface area contributed by atoms with Gasteiger partial charge in [-0.1, -0.05) is 13.8 Å². The van der Waals surface area contributed by atoms with Crippen molar-refractivity contribution in [2.75, 3.05) is 12.4 Å². The molecule has 2 amide bonds. The first-order valence-electron chi connectivity index (χ1n) is 5.84. The van der Waals surface area contributed by atoms with Gasteiger partial charge in [0.1, 0.15) is 0 Å². The monoisotopic (exact) mass is 249 g/mol. The van der Waals surface area contributed by atoms with E-state index in [1.165, 1.54) is 0 Å². The molecule has 0 spiro atoms. The number of benzene rings is 1. The first kappa shape index (κ1) is 14.2. The molecule has 0 radical (unpaired) electrons. The number of carbonyl (C=O) groups excluding carboxylic acids is 2. The van der Waals surface area contributed by atoms with E-state index in [9.17, 15) is 9.59 Å². The van der Waals surface area contributed by atoms with Crippen molar-refractivity contribution in [1.29, 1.82) is 0 Å². The molecule has 0 aromatic heterocycles. The van der Waals surface area contributed by atoms with E-state index in [2.05, 4.69) is 10.6 Å². The standard InChI is InChI=1S/C13H19N3O2/c1-8(2)11(14)13(18)16-10-6-4-9(5-7-10)12(17)15-3/h4-8,11H,14H2,1-3H3,(H,15,17)(H,16,18). The van der Waals surface area contributed by atoms with Crippen molar-refractivity contribution in [3.05, 3.63) is 29.8 Å². The van der Waals surface area contributed by atoms with E-state index in [0.29, 0.717) is 11.3 Å². The van der Waals surface area contributed by atoms with Crippen molar-refractivity contribution in [3.63, 3.8) is 0 Å². The first-order valence-corrected chi connectivity index (χ1v) is 5.84. The second-order valence-corrected chi connectivity index (χ2v) is 4.42. The molecule has 0 fully saturated rings.